The van der Waals surface area contributed by atoms with E-state index in [0.717, 1.165) is 30.9 Å². The highest BCUT2D eigenvalue weighted by molar-refractivity contribution is 5.68. The Morgan fingerprint density at radius 1 is 0.929 bits per heavy atom. The van der Waals surface area contributed by atoms with Gasteiger partial charge in [0.15, 0.2) is 11.5 Å². The topological polar surface area (TPSA) is 108 Å². The van der Waals surface area contributed by atoms with Gasteiger partial charge >= 0.3 is 0 Å². The lowest BCUT2D eigenvalue weighted by Gasteiger charge is -2.27. The maximum atomic E-state index is 11.5. The van der Waals surface area contributed by atoms with Crippen molar-refractivity contribution in [3.05, 3.63) is 62.2 Å². The van der Waals surface area contributed by atoms with Crippen molar-refractivity contribution in [3.8, 4) is 11.5 Å². The van der Waals surface area contributed by atoms with Crippen LogP contribution in [-0.2, 0) is 0 Å². The number of nitro benzene ring substituents is 2. The van der Waals surface area contributed by atoms with Crippen LogP contribution in [0, 0.1) is 20.2 Å². The second-order valence-electron chi connectivity index (χ2n) is 6.80. The summed E-state index contributed by atoms with van der Waals surface area (Å²) in [4.78, 5) is 23.3. The van der Waals surface area contributed by atoms with Crippen LogP contribution in [0.25, 0.3) is 0 Å². The van der Waals surface area contributed by atoms with Crippen LogP contribution in [0.3, 0.4) is 0 Å². The average molecular weight is 385 g/mol. The summed E-state index contributed by atoms with van der Waals surface area (Å²) >= 11 is 0. The molecule has 1 fully saturated rings. The molecule has 1 atom stereocenters. The van der Waals surface area contributed by atoms with E-state index in [-0.39, 0.29) is 17.4 Å². The minimum absolute atomic E-state index is 0.0719. The molecule has 0 bridgehead atoms. The van der Waals surface area contributed by atoms with Crippen LogP contribution >= 0.6 is 0 Å². The van der Waals surface area contributed by atoms with Crippen LogP contribution in [-0.4, -0.2) is 29.6 Å². The lowest BCUT2D eigenvalue weighted by molar-refractivity contribution is -0.393. The second-order valence-corrected chi connectivity index (χ2v) is 6.80. The van der Waals surface area contributed by atoms with Crippen molar-refractivity contribution in [2.75, 3.05) is 24.7 Å². The normalized spacial score (nSPS) is 18.6. The van der Waals surface area contributed by atoms with Crippen molar-refractivity contribution in [1.82, 2.24) is 0 Å². The molecule has 0 spiro atoms. The van der Waals surface area contributed by atoms with Gasteiger partial charge < -0.3 is 14.4 Å². The number of non-ortho nitro benzene ring substituents is 1. The van der Waals surface area contributed by atoms with E-state index >= 15 is 0 Å². The van der Waals surface area contributed by atoms with Gasteiger partial charge in [0.2, 0.25) is 0 Å². The van der Waals surface area contributed by atoms with Gasteiger partial charge in [-0.25, -0.2) is 0 Å². The number of hydrogen-bond donors (Lipinski definition) is 0. The van der Waals surface area contributed by atoms with Crippen molar-refractivity contribution in [3.63, 3.8) is 0 Å². The smallest absolute Gasteiger partial charge is 0.299 e. The second kappa shape index (κ2) is 7.34. The number of nitro groups is 2. The Morgan fingerprint density at radius 3 is 2.46 bits per heavy atom. The summed E-state index contributed by atoms with van der Waals surface area (Å²) in [5.74, 6) is 1.38. The number of anilines is 1. The zero-order valence-electron chi connectivity index (χ0n) is 15.1. The molecule has 0 amide bonds. The zero-order valence-corrected chi connectivity index (χ0v) is 15.1. The van der Waals surface area contributed by atoms with Crippen molar-refractivity contribution in [2.24, 2.45) is 0 Å². The van der Waals surface area contributed by atoms with Crippen LogP contribution in [0.1, 0.15) is 30.9 Å². The van der Waals surface area contributed by atoms with Gasteiger partial charge in [0.05, 0.1) is 35.2 Å². The Kier molecular flexibility index (Phi) is 4.72. The first kappa shape index (κ1) is 18.0. The van der Waals surface area contributed by atoms with E-state index in [1.54, 1.807) is 0 Å². The van der Waals surface area contributed by atoms with Gasteiger partial charge in [0.25, 0.3) is 11.4 Å². The van der Waals surface area contributed by atoms with Crippen molar-refractivity contribution >= 4 is 17.1 Å². The van der Waals surface area contributed by atoms with Gasteiger partial charge in [-0.1, -0.05) is 6.07 Å². The third-order valence-corrected chi connectivity index (χ3v) is 5.09. The predicted octanol–water partition coefficient (Wildman–Crippen LogP) is 4.01. The van der Waals surface area contributed by atoms with Gasteiger partial charge in [-0.2, -0.15) is 0 Å². The molecule has 0 unspecified atom stereocenters. The fourth-order valence-corrected chi connectivity index (χ4v) is 3.80. The largest absolute Gasteiger partial charge is 0.490 e. The summed E-state index contributed by atoms with van der Waals surface area (Å²) in [7, 11) is 0. The molecule has 0 radical (unpaired) electrons. The van der Waals surface area contributed by atoms with Crippen molar-refractivity contribution in [1.29, 1.82) is 0 Å². The number of ether oxygens (including phenoxy) is 2. The number of rotatable bonds is 4. The van der Waals surface area contributed by atoms with E-state index in [1.165, 1.54) is 12.1 Å². The molecule has 146 valence electrons. The van der Waals surface area contributed by atoms with Crippen LogP contribution in [0.4, 0.5) is 17.1 Å². The number of fused-ring (bicyclic) bond motifs is 1. The van der Waals surface area contributed by atoms with Crippen LogP contribution in [0.15, 0.2) is 36.4 Å². The van der Waals surface area contributed by atoms with E-state index in [9.17, 15) is 20.2 Å². The monoisotopic (exact) mass is 385 g/mol. The fourth-order valence-electron chi connectivity index (χ4n) is 3.80. The highest BCUT2D eigenvalue weighted by Gasteiger charge is 2.32. The molecule has 0 aromatic heterocycles. The highest BCUT2D eigenvalue weighted by atomic mass is 16.6. The van der Waals surface area contributed by atoms with Gasteiger partial charge in [-0.05, 0) is 36.6 Å². The summed E-state index contributed by atoms with van der Waals surface area (Å²) in [6.45, 7) is 1.83. The minimum atomic E-state index is -0.623. The lowest BCUT2D eigenvalue weighted by Crippen LogP contribution is -2.23. The predicted molar refractivity (Wildman–Crippen MR) is 101 cm³/mol. The molecule has 9 heteroatoms. The summed E-state index contributed by atoms with van der Waals surface area (Å²) in [5.41, 5.74) is 0.830. The van der Waals surface area contributed by atoms with Crippen molar-refractivity contribution < 1.29 is 19.3 Å². The Labute approximate surface area is 160 Å². The Morgan fingerprint density at radius 2 is 1.71 bits per heavy atom. The summed E-state index contributed by atoms with van der Waals surface area (Å²) in [5, 5.41) is 22.5. The first-order valence-corrected chi connectivity index (χ1v) is 9.13. The molecule has 2 heterocycles. The lowest BCUT2D eigenvalue weighted by atomic mass is 10.0. The maximum absolute atomic E-state index is 11.5. The molecule has 4 rings (SSSR count). The van der Waals surface area contributed by atoms with Crippen LogP contribution < -0.4 is 14.4 Å². The summed E-state index contributed by atoms with van der Waals surface area (Å²) in [6.07, 6.45) is 2.51. The average Bonchev–Trinajstić information content (AvgIpc) is 3.05. The molecule has 9 nitrogen and oxygen atoms in total. The van der Waals surface area contributed by atoms with E-state index in [4.69, 9.17) is 9.47 Å². The minimum Gasteiger partial charge on any atom is -0.490 e. The molecular formula is C19H19N3O6. The third kappa shape index (κ3) is 3.30. The zero-order chi connectivity index (χ0) is 19.7. The van der Waals surface area contributed by atoms with Crippen LogP contribution in [0.5, 0.6) is 11.5 Å². The first-order valence-electron chi connectivity index (χ1n) is 9.13. The molecule has 2 aliphatic heterocycles. The van der Waals surface area contributed by atoms with E-state index in [0.29, 0.717) is 36.9 Å². The fraction of sp³-hybridized carbons (Fsp3) is 0.368. The SMILES string of the molecule is O=[N+]([O-])c1ccc(N2CCC[C@H]2c2ccc3c(c2)OCCCO3)c([N+](=O)[O-])c1. The quantitative estimate of drug-likeness (QED) is 0.578. The molecule has 0 saturated carbocycles. The third-order valence-electron chi connectivity index (χ3n) is 5.09. The Bertz CT molecular complexity index is 932. The molecule has 0 aliphatic carbocycles. The molecule has 2 aromatic carbocycles. The van der Waals surface area contributed by atoms with Crippen molar-refractivity contribution in [2.45, 2.75) is 25.3 Å². The number of benzene rings is 2. The Balaban J connectivity index is 1.70. The van der Waals surface area contributed by atoms with E-state index in [2.05, 4.69) is 0 Å². The van der Waals surface area contributed by atoms with Gasteiger partial charge in [-0.15, -0.1) is 0 Å². The maximum Gasteiger partial charge on any atom is 0.299 e. The molecular weight excluding hydrogens is 366 g/mol. The van der Waals surface area contributed by atoms with E-state index in [1.807, 2.05) is 23.1 Å². The summed E-state index contributed by atoms with van der Waals surface area (Å²) in [6, 6.07) is 9.49. The molecule has 28 heavy (non-hydrogen) atoms. The molecule has 2 aliphatic rings. The summed E-state index contributed by atoms with van der Waals surface area (Å²) < 4.78 is 11.4. The first-order chi connectivity index (χ1) is 13.5. The molecule has 2 aromatic rings. The highest BCUT2D eigenvalue weighted by Crippen LogP contribution is 2.43. The number of hydrogen-bond acceptors (Lipinski definition) is 7. The van der Waals surface area contributed by atoms with E-state index < -0.39 is 9.85 Å². The molecule has 0 N–H and O–H groups in total. The van der Waals surface area contributed by atoms with Crippen LogP contribution in [0.2, 0.25) is 0 Å². The number of nitrogens with zero attached hydrogens (tertiary/aromatic N) is 3. The molecule has 1 saturated heterocycles. The van der Waals surface area contributed by atoms with Gasteiger partial charge in [0.1, 0.15) is 5.69 Å². The van der Waals surface area contributed by atoms with Gasteiger partial charge in [-0.3, -0.25) is 20.2 Å². The standard InChI is InChI=1S/C19H19N3O6/c23-21(24)14-5-6-16(17(12-14)22(25)26)20-8-1-3-15(20)13-4-7-18-19(11-13)28-10-2-9-27-18/h4-7,11-12,15H,1-3,8-10H2/t15-/m0/s1. The Hall–Kier alpha value is -3.36. The van der Waals surface area contributed by atoms with Gasteiger partial charge in [0, 0.05) is 19.0 Å².